The van der Waals surface area contributed by atoms with E-state index in [0.29, 0.717) is 22.4 Å². The molecule has 0 radical (unpaired) electrons. The Labute approximate surface area is 267 Å². The van der Waals surface area contributed by atoms with Crippen LogP contribution in [0.25, 0.3) is 6.08 Å². The number of carboxylic acid groups (broad SMARTS) is 1. The Balaban J connectivity index is 0.00000462. The number of carbonyl (C=O) groups excluding carboxylic acids is 2. The normalized spacial score (nSPS) is 17.1. The van der Waals surface area contributed by atoms with Gasteiger partial charge in [-0.05, 0) is 108 Å². The zero-order valence-electron chi connectivity index (χ0n) is 24.7. The lowest BCUT2D eigenvalue weighted by Gasteiger charge is -2.28. The van der Waals surface area contributed by atoms with Crippen molar-refractivity contribution in [3.63, 3.8) is 0 Å². The minimum absolute atomic E-state index is 0. The molecule has 11 nitrogen and oxygen atoms in total. The predicted molar refractivity (Wildman–Crippen MR) is 172 cm³/mol. The van der Waals surface area contributed by atoms with Crippen molar-refractivity contribution >= 4 is 58.7 Å². The molecule has 3 rings (SSSR count). The first kappa shape index (κ1) is 38.8. The number of nitrogens with one attached hydrogen (secondary N) is 4. The molecule has 2 aliphatic rings. The summed E-state index contributed by atoms with van der Waals surface area (Å²) in [4.78, 5) is 40.1. The molecule has 14 heteroatoms. The maximum Gasteiger partial charge on any atom is 0.327 e. The van der Waals surface area contributed by atoms with Crippen LogP contribution in [0, 0.1) is 17.8 Å². The third kappa shape index (κ3) is 14.0. The Kier molecular flexibility index (Phi) is 18.0. The van der Waals surface area contributed by atoms with Gasteiger partial charge in [0.1, 0.15) is 6.04 Å². The number of hydrogen-bond donors (Lipinski definition) is 5. The van der Waals surface area contributed by atoms with Gasteiger partial charge in [-0.15, -0.1) is 29.6 Å². The fourth-order valence-electron chi connectivity index (χ4n) is 5.37. The Morgan fingerprint density at radius 2 is 1.47 bits per heavy atom. The van der Waals surface area contributed by atoms with Crippen LogP contribution in [0.3, 0.4) is 0 Å². The Hall–Kier alpha value is -2.22. The number of carbonyl (C=O) groups is 3. The van der Waals surface area contributed by atoms with Crippen molar-refractivity contribution in [3.8, 4) is 0 Å². The molecular weight excluding hydrogens is 617 g/mol. The van der Waals surface area contributed by atoms with Crippen LogP contribution >= 0.6 is 24.8 Å². The van der Waals surface area contributed by atoms with Gasteiger partial charge < -0.3 is 21.1 Å². The van der Waals surface area contributed by atoms with E-state index in [2.05, 4.69) is 20.8 Å². The predicted octanol–water partition coefficient (Wildman–Crippen LogP) is 2.93. The van der Waals surface area contributed by atoms with Crippen molar-refractivity contribution < 1.29 is 27.9 Å². The number of hydrogen-bond acceptors (Lipinski definition) is 7. The molecular formula is C29H47Cl2N5O6S. The molecule has 2 heterocycles. The van der Waals surface area contributed by atoms with E-state index >= 15 is 0 Å². The second kappa shape index (κ2) is 19.9. The summed E-state index contributed by atoms with van der Waals surface area (Å²) < 4.78 is 25.4. The minimum atomic E-state index is -4.21. The third-order valence-corrected chi connectivity index (χ3v) is 8.97. The summed E-state index contributed by atoms with van der Waals surface area (Å²) in [5.74, 6) is -1.63. The molecule has 0 aliphatic carbocycles. The minimum Gasteiger partial charge on any atom is -0.480 e. The van der Waals surface area contributed by atoms with Gasteiger partial charge in [-0.25, -0.2) is 18.2 Å². The highest BCUT2D eigenvalue weighted by Gasteiger charge is 2.30. The van der Waals surface area contributed by atoms with Gasteiger partial charge in [-0.2, -0.15) is 0 Å². The number of benzene rings is 1. The summed E-state index contributed by atoms with van der Waals surface area (Å²) in [7, 11) is -4.21. The summed E-state index contributed by atoms with van der Waals surface area (Å²) in [6.07, 6.45) is 9.01. The van der Waals surface area contributed by atoms with Crippen LogP contribution in [-0.4, -0.2) is 75.1 Å². The first-order valence-corrected chi connectivity index (χ1v) is 16.2. The van der Waals surface area contributed by atoms with E-state index < -0.39 is 34.5 Å². The van der Waals surface area contributed by atoms with E-state index in [9.17, 15) is 27.9 Å². The molecule has 0 saturated carbocycles. The molecule has 43 heavy (non-hydrogen) atoms. The van der Waals surface area contributed by atoms with Crippen molar-refractivity contribution in [2.45, 2.75) is 64.3 Å². The van der Waals surface area contributed by atoms with Gasteiger partial charge in [-0.1, -0.05) is 30.3 Å². The number of carboxylic acids is 1. The van der Waals surface area contributed by atoms with Crippen molar-refractivity contribution in [3.05, 3.63) is 41.3 Å². The van der Waals surface area contributed by atoms with E-state index in [0.717, 1.165) is 83.0 Å². The monoisotopic (exact) mass is 663 g/mol. The molecule has 1 atom stereocenters. The maximum atomic E-state index is 13.3. The largest absolute Gasteiger partial charge is 0.480 e. The van der Waals surface area contributed by atoms with Crippen LogP contribution in [0.2, 0.25) is 0 Å². The second-order valence-electron chi connectivity index (χ2n) is 11.1. The van der Waals surface area contributed by atoms with Crippen LogP contribution in [0.15, 0.2) is 35.7 Å². The number of amides is 2. The first-order chi connectivity index (χ1) is 19.6. The van der Waals surface area contributed by atoms with Crippen LogP contribution in [0.4, 0.5) is 0 Å². The number of halogens is 2. The number of aliphatic carboxylic acids is 1. The third-order valence-electron chi connectivity index (χ3n) is 8.03. The molecule has 0 bridgehead atoms. The highest BCUT2D eigenvalue weighted by Crippen LogP contribution is 2.27. The smallest absolute Gasteiger partial charge is 0.327 e. The van der Waals surface area contributed by atoms with Crippen LogP contribution in [0.5, 0.6) is 0 Å². The van der Waals surface area contributed by atoms with Gasteiger partial charge >= 0.3 is 5.97 Å². The molecule has 1 aromatic rings. The van der Waals surface area contributed by atoms with Crippen molar-refractivity contribution in [2.75, 3.05) is 32.7 Å². The molecule has 244 valence electrons. The van der Waals surface area contributed by atoms with Crippen LogP contribution in [-0.2, 0) is 24.4 Å². The van der Waals surface area contributed by atoms with E-state index in [-0.39, 0.29) is 36.6 Å². The molecule has 2 fully saturated rings. The average Bonchev–Trinajstić information content (AvgIpc) is 2.98. The molecule has 5 N–H and O–H groups in total. The number of nitrogens with zero attached hydrogens (tertiary/aromatic N) is 1. The molecule has 2 amide bonds. The van der Waals surface area contributed by atoms with E-state index in [1.165, 1.54) is 13.0 Å². The van der Waals surface area contributed by atoms with Gasteiger partial charge in [0, 0.05) is 11.3 Å². The summed E-state index contributed by atoms with van der Waals surface area (Å²) in [5.41, 5.74) is 0.620. The van der Waals surface area contributed by atoms with Crippen molar-refractivity contribution in [2.24, 2.45) is 17.8 Å². The SMILES string of the molecule is CC(C(=O)O)N(NS(=O)(=O)/C=C/c1ccccc1)C(=O)CNC(=O)C(CCC1CCNCC1)CCC1CCNCC1.Cl.Cl. The van der Waals surface area contributed by atoms with Gasteiger partial charge in [0.15, 0.2) is 0 Å². The quantitative estimate of drug-likeness (QED) is 0.179. The van der Waals surface area contributed by atoms with Gasteiger partial charge in [0.25, 0.3) is 15.9 Å². The number of piperidine rings is 2. The van der Waals surface area contributed by atoms with E-state index in [1.54, 1.807) is 30.3 Å². The Bertz CT molecular complexity index is 1110. The number of sulfonamides is 1. The Morgan fingerprint density at radius 3 is 1.95 bits per heavy atom. The summed E-state index contributed by atoms with van der Waals surface area (Å²) in [6, 6.07) is 7.20. The van der Waals surface area contributed by atoms with Crippen molar-refractivity contribution in [1.82, 2.24) is 25.8 Å². The lowest BCUT2D eigenvalue weighted by atomic mass is 9.84. The van der Waals surface area contributed by atoms with Gasteiger partial charge in [-0.3, -0.25) is 9.59 Å². The highest BCUT2D eigenvalue weighted by atomic mass is 35.5. The number of hydrazine groups is 1. The summed E-state index contributed by atoms with van der Waals surface area (Å²) >= 11 is 0. The molecule has 2 aliphatic heterocycles. The first-order valence-electron chi connectivity index (χ1n) is 14.6. The van der Waals surface area contributed by atoms with E-state index in [4.69, 9.17) is 0 Å². The summed E-state index contributed by atoms with van der Waals surface area (Å²) in [6.45, 7) is 4.63. The molecule has 0 spiro atoms. The Morgan fingerprint density at radius 1 is 0.953 bits per heavy atom. The highest BCUT2D eigenvalue weighted by molar-refractivity contribution is 7.92. The lowest BCUT2D eigenvalue weighted by molar-refractivity contribution is -0.150. The number of rotatable bonds is 15. The average molecular weight is 665 g/mol. The zero-order valence-corrected chi connectivity index (χ0v) is 27.2. The van der Waals surface area contributed by atoms with Gasteiger partial charge in [0.05, 0.1) is 6.54 Å². The molecule has 1 aromatic carbocycles. The summed E-state index contributed by atoms with van der Waals surface area (Å²) in [5, 5.41) is 20.3. The van der Waals surface area contributed by atoms with Gasteiger partial charge in [0.2, 0.25) is 5.91 Å². The maximum absolute atomic E-state index is 13.3. The standard InChI is InChI=1S/C29H45N5O6S.2ClH/c1-22(29(37)38)34(33-41(39,40)20-15-23-5-3-2-4-6-23)27(35)21-32-28(36)26(9-7-24-11-16-30-17-12-24)10-8-25-13-18-31-19-14-25;;/h2-6,15,20,22,24-26,30-31,33H,7-14,16-19,21H2,1H3,(H,32,36)(H,37,38);2*1H/b20-15+;;. The molecule has 2 saturated heterocycles. The molecule has 1 unspecified atom stereocenters. The fourth-order valence-corrected chi connectivity index (χ4v) is 6.30. The molecule has 0 aromatic heterocycles. The fraction of sp³-hybridized carbons (Fsp3) is 0.621. The van der Waals surface area contributed by atoms with Crippen molar-refractivity contribution in [1.29, 1.82) is 0 Å². The second-order valence-corrected chi connectivity index (χ2v) is 12.6. The topological polar surface area (TPSA) is 157 Å². The van der Waals surface area contributed by atoms with Crippen LogP contribution in [0.1, 0.15) is 63.9 Å². The van der Waals surface area contributed by atoms with Crippen LogP contribution < -0.4 is 20.8 Å². The lowest BCUT2D eigenvalue weighted by Crippen LogP contribution is -2.56. The zero-order chi connectivity index (χ0) is 29.7. The van der Waals surface area contributed by atoms with E-state index in [1.807, 2.05) is 0 Å².